The van der Waals surface area contributed by atoms with E-state index in [1.165, 1.54) is 6.92 Å². The molecule has 3 nitrogen and oxygen atoms in total. The van der Waals surface area contributed by atoms with Gasteiger partial charge in [0, 0.05) is 5.56 Å². The molecule has 0 fully saturated rings. The first-order valence-electron chi connectivity index (χ1n) is 6.72. The lowest BCUT2D eigenvalue weighted by Crippen LogP contribution is -2.30. The van der Waals surface area contributed by atoms with E-state index < -0.39 is 17.7 Å². The Morgan fingerprint density at radius 3 is 2.62 bits per heavy atom. The summed E-state index contributed by atoms with van der Waals surface area (Å²) in [7, 11) is 0. The molecule has 0 radical (unpaired) electrons. The van der Waals surface area contributed by atoms with E-state index in [4.69, 9.17) is 10.6 Å². The molecular weight excluding hydrogens is 274 g/mol. The Balaban J connectivity index is 2.05. The second-order valence-corrected chi connectivity index (χ2v) is 5.22. The van der Waals surface area contributed by atoms with Crippen LogP contribution in [-0.4, -0.2) is 0 Å². The second-order valence-electron chi connectivity index (χ2n) is 5.22. The number of hydrogen-bond donors (Lipinski definition) is 2. The van der Waals surface area contributed by atoms with Crippen molar-refractivity contribution in [1.82, 2.24) is 5.43 Å². The SMILES string of the molecule is Cc1ccc(C(NN)c2ccc3c(c2)COC3)c(F)c1F. The van der Waals surface area contributed by atoms with Crippen molar-refractivity contribution in [3.05, 3.63) is 69.8 Å². The molecule has 21 heavy (non-hydrogen) atoms. The van der Waals surface area contributed by atoms with Gasteiger partial charge >= 0.3 is 0 Å². The number of halogens is 2. The molecule has 2 aromatic carbocycles. The van der Waals surface area contributed by atoms with Gasteiger partial charge in [-0.3, -0.25) is 5.84 Å². The van der Waals surface area contributed by atoms with Gasteiger partial charge in [-0.2, -0.15) is 0 Å². The summed E-state index contributed by atoms with van der Waals surface area (Å²) in [6.07, 6.45) is 0. The van der Waals surface area contributed by atoms with Gasteiger partial charge in [-0.25, -0.2) is 14.2 Å². The Kier molecular flexibility index (Phi) is 3.71. The zero-order chi connectivity index (χ0) is 15.0. The molecule has 110 valence electrons. The molecule has 3 rings (SSSR count). The van der Waals surface area contributed by atoms with Crippen molar-refractivity contribution >= 4 is 0 Å². The summed E-state index contributed by atoms with van der Waals surface area (Å²) >= 11 is 0. The van der Waals surface area contributed by atoms with Gasteiger partial charge in [0.25, 0.3) is 0 Å². The van der Waals surface area contributed by atoms with Crippen molar-refractivity contribution in [1.29, 1.82) is 0 Å². The van der Waals surface area contributed by atoms with Gasteiger partial charge in [0.15, 0.2) is 11.6 Å². The normalized spacial score (nSPS) is 15.0. The van der Waals surface area contributed by atoms with Gasteiger partial charge in [-0.15, -0.1) is 0 Å². The van der Waals surface area contributed by atoms with Crippen LogP contribution in [-0.2, 0) is 18.0 Å². The van der Waals surface area contributed by atoms with Crippen LogP contribution in [0.4, 0.5) is 8.78 Å². The summed E-state index contributed by atoms with van der Waals surface area (Å²) in [4.78, 5) is 0. The topological polar surface area (TPSA) is 47.3 Å². The average molecular weight is 290 g/mol. The first-order valence-corrected chi connectivity index (χ1v) is 6.72. The smallest absolute Gasteiger partial charge is 0.164 e. The number of hydrazine groups is 1. The minimum absolute atomic E-state index is 0.194. The van der Waals surface area contributed by atoms with E-state index in [0.717, 1.165) is 16.7 Å². The molecule has 1 aliphatic rings. The summed E-state index contributed by atoms with van der Waals surface area (Å²) < 4.78 is 33.3. The van der Waals surface area contributed by atoms with Gasteiger partial charge in [-0.1, -0.05) is 30.3 Å². The van der Waals surface area contributed by atoms with Crippen molar-refractivity contribution in [2.24, 2.45) is 5.84 Å². The number of rotatable bonds is 3. The highest BCUT2D eigenvalue weighted by atomic mass is 19.2. The number of hydrogen-bond acceptors (Lipinski definition) is 3. The molecular formula is C16H16F2N2O. The Hall–Kier alpha value is -1.82. The van der Waals surface area contributed by atoms with Crippen LogP contribution in [0.3, 0.4) is 0 Å². The molecule has 0 aliphatic carbocycles. The van der Waals surface area contributed by atoms with E-state index >= 15 is 0 Å². The van der Waals surface area contributed by atoms with E-state index in [-0.39, 0.29) is 11.1 Å². The third-order valence-corrected chi connectivity index (χ3v) is 3.86. The van der Waals surface area contributed by atoms with Crippen LogP contribution in [0, 0.1) is 18.6 Å². The zero-order valence-electron chi connectivity index (χ0n) is 11.6. The maximum atomic E-state index is 14.2. The number of ether oxygens (including phenoxy) is 1. The van der Waals surface area contributed by atoms with E-state index in [1.54, 1.807) is 12.1 Å². The molecule has 3 N–H and O–H groups in total. The molecule has 0 bridgehead atoms. The number of nitrogens with two attached hydrogens (primary N) is 1. The lowest BCUT2D eigenvalue weighted by molar-refractivity contribution is 0.134. The first kappa shape index (κ1) is 14.1. The highest BCUT2D eigenvalue weighted by Crippen LogP contribution is 2.29. The predicted molar refractivity (Wildman–Crippen MR) is 75.2 cm³/mol. The summed E-state index contributed by atoms with van der Waals surface area (Å²) in [6.45, 7) is 2.65. The second kappa shape index (κ2) is 5.52. The van der Waals surface area contributed by atoms with Gasteiger partial charge in [0.05, 0.1) is 19.3 Å². The number of fused-ring (bicyclic) bond motifs is 1. The standard InChI is InChI=1S/C16H16F2N2O/c1-9-2-5-13(15(18)14(9)17)16(20-19)10-3-4-11-7-21-8-12(11)6-10/h2-6,16,20H,7-8,19H2,1H3. The molecule has 1 aliphatic heterocycles. The van der Waals surface area contributed by atoms with Crippen molar-refractivity contribution in [3.8, 4) is 0 Å². The van der Waals surface area contributed by atoms with E-state index in [9.17, 15) is 8.78 Å². The van der Waals surface area contributed by atoms with Gasteiger partial charge in [0.2, 0.25) is 0 Å². The van der Waals surface area contributed by atoms with Crippen molar-refractivity contribution in [2.75, 3.05) is 0 Å². The molecule has 1 atom stereocenters. The molecule has 0 amide bonds. The molecule has 0 saturated carbocycles. The molecule has 5 heteroatoms. The van der Waals surface area contributed by atoms with Gasteiger partial charge < -0.3 is 4.74 Å². The van der Waals surface area contributed by atoms with Gasteiger partial charge in [-0.05, 0) is 29.2 Å². The fourth-order valence-corrected chi connectivity index (χ4v) is 2.62. The van der Waals surface area contributed by atoms with Crippen molar-refractivity contribution < 1.29 is 13.5 Å². The fraction of sp³-hybridized carbons (Fsp3) is 0.250. The minimum atomic E-state index is -0.866. The molecule has 0 saturated heterocycles. The monoisotopic (exact) mass is 290 g/mol. The molecule has 2 aromatic rings. The lowest BCUT2D eigenvalue weighted by Gasteiger charge is -2.19. The van der Waals surface area contributed by atoms with E-state index in [2.05, 4.69) is 5.43 Å². The van der Waals surface area contributed by atoms with E-state index in [0.29, 0.717) is 13.2 Å². The molecule has 1 heterocycles. The summed E-state index contributed by atoms with van der Waals surface area (Å²) in [5, 5.41) is 0. The van der Waals surface area contributed by atoms with Crippen LogP contribution < -0.4 is 11.3 Å². The zero-order valence-corrected chi connectivity index (χ0v) is 11.6. The highest BCUT2D eigenvalue weighted by molar-refractivity contribution is 5.40. The predicted octanol–water partition coefficient (Wildman–Crippen LogP) is 2.86. The number of aryl methyl sites for hydroxylation is 1. The maximum Gasteiger partial charge on any atom is 0.164 e. The van der Waals surface area contributed by atoms with Crippen LogP contribution in [0.2, 0.25) is 0 Å². The Labute approximate surface area is 121 Å². The molecule has 0 aromatic heterocycles. The van der Waals surface area contributed by atoms with Crippen LogP contribution in [0.1, 0.15) is 33.9 Å². The van der Waals surface area contributed by atoms with Crippen LogP contribution in [0.15, 0.2) is 30.3 Å². The Bertz CT molecular complexity index is 688. The highest BCUT2D eigenvalue weighted by Gasteiger charge is 2.22. The Morgan fingerprint density at radius 2 is 1.86 bits per heavy atom. The summed E-state index contributed by atoms with van der Waals surface area (Å²) in [6, 6.07) is 8.21. The van der Waals surface area contributed by atoms with Gasteiger partial charge in [0.1, 0.15) is 0 Å². The minimum Gasteiger partial charge on any atom is -0.372 e. The Morgan fingerprint density at radius 1 is 1.10 bits per heavy atom. The van der Waals surface area contributed by atoms with E-state index in [1.807, 2.05) is 18.2 Å². The number of benzene rings is 2. The quantitative estimate of drug-likeness (QED) is 0.675. The first-order chi connectivity index (χ1) is 10.1. The third-order valence-electron chi connectivity index (χ3n) is 3.86. The largest absolute Gasteiger partial charge is 0.372 e. The molecule has 1 unspecified atom stereocenters. The van der Waals surface area contributed by atoms with Crippen LogP contribution in [0.5, 0.6) is 0 Å². The third kappa shape index (κ3) is 2.44. The average Bonchev–Trinajstić information content (AvgIpc) is 2.95. The number of nitrogens with one attached hydrogen (secondary N) is 1. The summed E-state index contributed by atoms with van der Waals surface area (Å²) in [5.74, 6) is 3.87. The summed E-state index contributed by atoms with van der Waals surface area (Å²) in [5.41, 5.74) is 5.99. The van der Waals surface area contributed by atoms with Crippen LogP contribution >= 0.6 is 0 Å². The van der Waals surface area contributed by atoms with Crippen LogP contribution in [0.25, 0.3) is 0 Å². The van der Waals surface area contributed by atoms with Crippen molar-refractivity contribution in [2.45, 2.75) is 26.2 Å². The lowest BCUT2D eigenvalue weighted by atomic mass is 9.95. The maximum absolute atomic E-state index is 14.2. The fourth-order valence-electron chi connectivity index (χ4n) is 2.62. The molecule has 0 spiro atoms. The van der Waals surface area contributed by atoms with Crippen molar-refractivity contribution in [3.63, 3.8) is 0 Å².